The lowest BCUT2D eigenvalue weighted by molar-refractivity contribution is 0.0677. The molecule has 1 aliphatic rings. The van der Waals surface area contributed by atoms with E-state index >= 15 is 0 Å². The Kier molecular flexibility index (Phi) is 5.96. The van der Waals surface area contributed by atoms with E-state index in [1.165, 1.54) is 6.07 Å². The molecule has 0 spiro atoms. The minimum atomic E-state index is -0.455. The summed E-state index contributed by atoms with van der Waals surface area (Å²) in [6.07, 6.45) is 0. The van der Waals surface area contributed by atoms with Gasteiger partial charge in [-0.3, -0.25) is 9.89 Å². The number of nitrogens with zero attached hydrogens (tertiary/aromatic N) is 2. The lowest BCUT2D eigenvalue weighted by atomic mass is 9.95. The van der Waals surface area contributed by atoms with Crippen molar-refractivity contribution in [2.24, 2.45) is 0 Å². The van der Waals surface area contributed by atoms with Crippen molar-refractivity contribution in [3.63, 3.8) is 0 Å². The van der Waals surface area contributed by atoms with Crippen molar-refractivity contribution in [3.05, 3.63) is 94.6 Å². The smallest absolute Gasteiger partial charge is 0.273 e. The number of carbonyl (C=O) groups excluding carboxylic acids is 1. The second-order valence-corrected chi connectivity index (χ2v) is 8.34. The third-order valence-corrected chi connectivity index (χ3v) is 6.00. The molecule has 172 valence electrons. The van der Waals surface area contributed by atoms with E-state index in [0.29, 0.717) is 52.2 Å². The van der Waals surface area contributed by atoms with Crippen LogP contribution >= 0.6 is 11.6 Å². The number of ether oxygens (including phenoxy) is 2. The lowest BCUT2D eigenvalue weighted by Crippen LogP contribution is -2.32. The van der Waals surface area contributed by atoms with Crippen LogP contribution in [0.3, 0.4) is 0 Å². The number of phenols is 1. The minimum absolute atomic E-state index is 0.0291. The molecule has 2 heterocycles. The number of benzene rings is 3. The zero-order valence-corrected chi connectivity index (χ0v) is 19.1. The Balaban J connectivity index is 1.61. The summed E-state index contributed by atoms with van der Waals surface area (Å²) in [5.41, 5.74) is 2.83. The fourth-order valence-electron chi connectivity index (χ4n) is 4.24. The van der Waals surface area contributed by atoms with Crippen LogP contribution in [0.1, 0.15) is 27.7 Å². The summed E-state index contributed by atoms with van der Waals surface area (Å²) in [5.74, 6) is 1.20. The summed E-state index contributed by atoms with van der Waals surface area (Å²) >= 11 is 6.20. The molecule has 1 aromatic heterocycles. The van der Waals surface area contributed by atoms with Gasteiger partial charge in [-0.1, -0.05) is 41.9 Å². The summed E-state index contributed by atoms with van der Waals surface area (Å²) in [7, 11) is 1.60. The summed E-state index contributed by atoms with van der Waals surface area (Å²) in [6.45, 7) is 0.755. The molecule has 5 rings (SSSR count). The molecule has 0 radical (unpaired) electrons. The molecule has 0 aliphatic carbocycles. The van der Waals surface area contributed by atoms with E-state index in [-0.39, 0.29) is 11.7 Å². The van der Waals surface area contributed by atoms with Crippen molar-refractivity contribution >= 4 is 17.5 Å². The average molecular weight is 476 g/mol. The topological polar surface area (TPSA) is 87.7 Å². The molecule has 0 saturated carbocycles. The number of aromatic nitrogens is 2. The number of para-hydroxylation sites is 1. The first-order valence-electron chi connectivity index (χ1n) is 10.8. The van der Waals surface area contributed by atoms with E-state index in [0.717, 1.165) is 5.56 Å². The number of rotatable bonds is 7. The zero-order chi connectivity index (χ0) is 23.7. The molecular weight excluding hydrogens is 454 g/mol. The van der Waals surface area contributed by atoms with Crippen LogP contribution in [0.25, 0.3) is 11.3 Å². The Morgan fingerprint density at radius 3 is 2.65 bits per heavy atom. The van der Waals surface area contributed by atoms with Crippen molar-refractivity contribution in [2.75, 3.05) is 20.3 Å². The Labute approximate surface area is 201 Å². The van der Waals surface area contributed by atoms with E-state index in [1.54, 1.807) is 24.1 Å². The van der Waals surface area contributed by atoms with Gasteiger partial charge in [-0.2, -0.15) is 5.10 Å². The number of aromatic amines is 1. The fourth-order valence-corrected chi connectivity index (χ4v) is 4.41. The highest BCUT2D eigenvalue weighted by Gasteiger charge is 2.42. The van der Waals surface area contributed by atoms with Crippen molar-refractivity contribution in [2.45, 2.75) is 6.04 Å². The van der Waals surface area contributed by atoms with Gasteiger partial charge in [-0.15, -0.1) is 0 Å². The maximum atomic E-state index is 13.3. The normalized spacial score (nSPS) is 14.9. The Hall–Kier alpha value is -3.81. The summed E-state index contributed by atoms with van der Waals surface area (Å²) in [6, 6.07) is 21.4. The number of amides is 1. The highest BCUT2D eigenvalue weighted by molar-refractivity contribution is 6.31. The number of hydrogen-bond acceptors (Lipinski definition) is 5. The number of H-pyrrole nitrogens is 1. The molecule has 1 aliphatic heterocycles. The van der Waals surface area contributed by atoms with Gasteiger partial charge in [0.05, 0.1) is 12.6 Å². The van der Waals surface area contributed by atoms with Gasteiger partial charge < -0.3 is 19.5 Å². The van der Waals surface area contributed by atoms with E-state index in [1.807, 2.05) is 54.6 Å². The number of carbonyl (C=O) groups is 1. The van der Waals surface area contributed by atoms with Gasteiger partial charge in [0.15, 0.2) is 0 Å². The van der Waals surface area contributed by atoms with Gasteiger partial charge in [0.1, 0.15) is 28.6 Å². The summed E-state index contributed by atoms with van der Waals surface area (Å²) in [4.78, 5) is 15.1. The number of methoxy groups -OCH3 is 1. The number of fused-ring (bicyclic) bond motifs is 1. The number of nitrogens with one attached hydrogen (secondary N) is 1. The summed E-state index contributed by atoms with van der Waals surface area (Å²) in [5, 5.41) is 18.2. The van der Waals surface area contributed by atoms with Crippen LogP contribution in [0.5, 0.6) is 17.2 Å². The van der Waals surface area contributed by atoms with Gasteiger partial charge in [0, 0.05) is 29.8 Å². The highest BCUT2D eigenvalue weighted by atomic mass is 35.5. The molecular formula is C26H22ClN3O4. The van der Waals surface area contributed by atoms with Crippen molar-refractivity contribution in [1.29, 1.82) is 0 Å². The molecule has 1 amide bonds. The van der Waals surface area contributed by atoms with Gasteiger partial charge in [0.2, 0.25) is 0 Å². The monoisotopic (exact) mass is 475 g/mol. The largest absolute Gasteiger partial charge is 0.507 e. The zero-order valence-electron chi connectivity index (χ0n) is 18.4. The fraction of sp³-hybridized carbons (Fsp3) is 0.154. The van der Waals surface area contributed by atoms with Gasteiger partial charge in [-0.05, 0) is 48.0 Å². The van der Waals surface area contributed by atoms with Crippen LogP contribution < -0.4 is 4.74 Å². The first-order valence-corrected chi connectivity index (χ1v) is 11.1. The predicted octanol–water partition coefficient (Wildman–Crippen LogP) is 5.42. The van der Waals surface area contributed by atoms with Crippen LogP contribution in [-0.2, 0) is 4.74 Å². The third kappa shape index (κ3) is 4.00. The second-order valence-electron chi connectivity index (χ2n) is 7.90. The molecule has 0 fully saturated rings. The van der Waals surface area contributed by atoms with Crippen LogP contribution in [0.4, 0.5) is 0 Å². The molecule has 7 nitrogen and oxygen atoms in total. The van der Waals surface area contributed by atoms with E-state index in [4.69, 9.17) is 21.1 Å². The SMILES string of the molecule is COCCN1C(=O)c2[nH]nc(-c3cc(Cl)ccc3O)c2C1c1cccc(Oc2ccccc2)c1. The van der Waals surface area contributed by atoms with Crippen LogP contribution in [0.2, 0.25) is 5.02 Å². The maximum absolute atomic E-state index is 13.3. The van der Waals surface area contributed by atoms with E-state index in [9.17, 15) is 9.90 Å². The average Bonchev–Trinajstić information content (AvgIpc) is 3.39. The highest BCUT2D eigenvalue weighted by Crippen LogP contribution is 2.45. The Morgan fingerprint density at radius 1 is 1.06 bits per heavy atom. The van der Waals surface area contributed by atoms with Gasteiger partial charge in [0.25, 0.3) is 5.91 Å². The lowest BCUT2D eigenvalue weighted by Gasteiger charge is -2.26. The Bertz CT molecular complexity index is 1340. The first-order chi connectivity index (χ1) is 16.6. The summed E-state index contributed by atoms with van der Waals surface area (Å²) < 4.78 is 11.3. The first kappa shape index (κ1) is 22.0. The van der Waals surface area contributed by atoms with Gasteiger partial charge >= 0.3 is 0 Å². The quantitative estimate of drug-likeness (QED) is 0.372. The van der Waals surface area contributed by atoms with Gasteiger partial charge in [-0.25, -0.2) is 0 Å². The molecule has 0 bridgehead atoms. The number of halogens is 1. The standard InChI is InChI=1S/C26H22ClN3O4/c1-33-13-12-30-25(16-6-5-9-19(14-16)34-18-7-3-2-4-8-18)22-23(28-29-24(22)26(30)32)20-15-17(27)10-11-21(20)31/h2-11,14-15,25,31H,12-13H2,1H3,(H,28,29). The number of hydrogen-bond donors (Lipinski definition) is 2. The van der Waals surface area contributed by atoms with Crippen molar-refractivity contribution in [3.8, 4) is 28.5 Å². The molecule has 4 aromatic rings. The van der Waals surface area contributed by atoms with Crippen LogP contribution in [0, 0.1) is 0 Å². The van der Waals surface area contributed by atoms with E-state index < -0.39 is 6.04 Å². The molecule has 1 atom stereocenters. The Morgan fingerprint density at radius 2 is 1.85 bits per heavy atom. The molecule has 34 heavy (non-hydrogen) atoms. The van der Waals surface area contributed by atoms with Crippen molar-refractivity contribution in [1.82, 2.24) is 15.1 Å². The minimum Gasteiger partial charge on any atom is -0.507 e. The molecule has 2 N–H and O–H groups in total. The molecule has 1 unspecified atom stereocenters. The molecule has 8 heteroatoms. The number of aromatic hydroxyl groups is 1. The van der Waals surface area contributed by atoms with E-state index in [2.05, 4.69) is 10.2 Å². The second kappa shape index (κ2) is 9.21. The predicted molar refractivity (Wildman–Crippen MR) is 128 cm³/mol. The maximum Gasteiger partial charge on any atom is 0.273 e. The molecule has 3 aromatic carbocycles. The molecule has 0 saturated heterocycles. The number of phenolic OH excluding ortho intramolecular Hbond substituents is 1. The third-order valence-electron chi connectivity index (χ3n) is 5.77. The van der Waals surface area contributed by atoms with Crippen molar-refractivity contribution < 1.29 is 19.4 Å². The van der Waals surface area contributed by atoms with Crippen LogP contribution in [0.15, 0.2) is 72.8 Å². The van der Waals surface area contributed by atoms with Crippen LogP contribution in [-0.4, -0.2) is 46.4 Å².